The van der Waals surface area contributed by atoms with Gasteiger partial charge in [-0.2, -0.15) is 4.37 Å². The van der Waals surface area contributed by atoms with Gasteiger partial charge in [0.15, 0.2) is 5.82 Å². The third-order valence-electron chi connectivity index (χ3n) is 3.23. The maximum atomic E-state index is 13.0. The van der Waals surface area contributed by atoms with Crippen LogP contribution in [0, 0.1) is 5.82 Å². The van der Waals surface area contributed by atoms with Gasteiger partial charge >= 0.3 is 0 Å². The minimum Gasteiger partial charge on any atom is -0.359 e. The molecule has 0 radical (unpaired) electrons. The average molecular weight is 308 g/mol. The van der Waals surface area contributed by atoms with Gasteiger partial charge in [-0.05, 0) is 31.8 Å². The lowest BCUT2D eigenvalue weighted by Crippen LogP contribution is -2.27. The van der Waals surface area contributed by atoms with Crippen LogP contribution in [0.25, 0.3) is 0 Å². The van der Waals surface area contributed by atoms with Crippen molar-refractivity contribution in [2.75, 3.05) is 26.0 Å². The number of benzene rings is 1. The zero-order valence-corrected chi connectivity index (χ0v) is 13.7. The second-order valence-electron chi connectivity index (χ2n) is 6.00. The van der Waals surface area contributed by atoms with Gasteiger partial charge in [-0.25, -0.2) is 9.37 Å². The molecule has 1 aromatic heterocycles. The minimum absolute atomic E-state index is 0.110. The molecule has 4 nitrogen and oxygen atoms in total. The van der Waals surface area contributed by atoms with Gasteiger partial charge in [0.2, 0.25) is 5.13 Å². The molecule has 1 N–H and O–H groups in total. The van der Waals surface area contributed by atoms with E-state index in [4.69, 9.17) is 0 Å². The van der Waals surface area contributed by atoms with Crippen molar-refractivity contribution in [1.82, 2.24) is 14.3 Å². The molecular formula is C15H21FN4S. The molecule has 2 rings (SSSR count). The molecule has 21 heavy (non-hydrogen) atoms. The van der Waals surface area contributed by atoms with Gasteiger partial charge in [0, 0.05) is 23.5 Å². The van der Waals surface area contributed by atoms with Crippen LogP contribution in [0.5, 0.6) is 0 Å². The van der Waals surface area contributed by atoms with Gasteiger partial charge in [-0.1, -0.05) is 26.0 Å². The summed E-state index contributed by atoms with van der Waals surface area (Å²) >= 11 is 1.37. The lowest BCUT2D eigenvalue weighted by atomic mass is 9.85. The van der Waals surface area contributed by atoms with Crippen LogP contribution in [-0.4, -0.2) is 34.9 Å². The molecule has 0 saturated heterocycles. The van der Waals surface area contributed by atoms with E-state index in [1.165, 1.54) is 23.7 Å². The molecule has 0 aliphatic heterocycles. The normalized spacial score (nSPS) is 11.9. The van der Waals surface area contributed by atoms with Gasteiger partial charge in [-0.15, -0.1) is 0 Å². The molecule has 0 fully saturated rings. The first-order valence-corrected chi connectivity index (χ1v) is 7.61. The van der Waals surface area contributed by atoms with Crippen LogP contribution in [0.1, 0.15) is 25.2 Å². The summed E-state index contributed by atoms with van der Waals surface area (Å²) in [6.07, 6.45) is 0. The molecule has 2 aromatic rings. The first-order valence-electron chi connectivity index (χ1n) is 6.84. The molecule has 0 amide bonds. The van der Waals surface area contributed by atoms with E-state index >= 15 is 0 Å². The van der Waals surface area contributed by atoms with Crippen LogP contribution in [0.2, 0.25) is 0 Å². The van der Waals surface area contributed by atoms with Crippen LogP contribution < -0.4 is 5.32 Å². The van der Waals surface area contributed by atoms with E-state index in [0.29, 0.717) is 0 Å². The molecule has 0 unspecified atom stereocenters. The van der Waals surface area contributed by atoms with Gasteiger partial charge in [-0.3, -0.25) is 0 Å². The Morgan fingerprint density at radius 1 is 1.24 bits per heavy atom. The third-order valence-corrected chi connectivity index (χ3v) is 3.94. The first-order chi connectivity index (χ1) is 9.87. The maximum Gasteiger partial charge on any atom is 0.202 e. The van der Waals surface area contributed by atoms with Gasteiger partial charge < -0.3 is 10.2 Å². The van der Waals surface area contributed by atoms with Crippen LogP contribution >= 0.6 is 11.5 Å². The highest BCUT2D eigenvalue weighted by molar-refractivity contribution is 7.09. The van der Waals surface area contributed by atoms with Gasteiger partial charge in [0.1, 0.15) is 5.82 Å². The summed E-state index contributed by atoms with van der Waals surface area (Å²) < 4.78 is 17.3. The largest absolute Gasteiger partial charge is 0.359 e. The summed E-state index contributed by atoms with van der Waals surface area (Å²) in [7, 11) is 3.98. The first kappa shape index (κ1) is 15.9. The summed E-state index contributed by atoms with van der Waals surface area (Å²) in [6.45, 7) is 5.69. The van der Waals surface area contributed by atoms with Crippen molar-refractivity contribution in [1.29, 1.82) is 0 Å². The molecule has 0 spiro atoms. The van der Waals surface area contributed by atoms with E-state index in [9.17, 15) is 4.39 Å². The number of halogens is 1. The van der Waals surface area contributed by atoms with Crippen LogP contribution in [0.15, 0.2) is 24.3 Å². The Kier molecular flexibility index (Phi) is 4.90. The number of aromatic nitrogens is 2. The zero-order valence-electron chi connectivity index (χ0n) is 12.9. The fraction of sp³-hybridized carbons (Fsp3) is 0.467. The van der Waals surface area contributed by atoms with Crippen molar-refractivity contribution in [2.45, 2.75) is 25.8 Å². The Bertz CT molecular complexity index is 578. The summed E-state index contributed by atoms with van der Waals surface area (Å²) in [4.78, 5) is 6.49. The molecule has 0 aliphatic carbocycles. The van der Waals surface area contributed by atoms with Crippen LogP contribution in [0.4, 0.5) is 9.52 Å². The van der Waals surface area contributed by atoms with E-state index in [-0.39, 0.29) is 11.2 Å². The lowest BCUT2D eigenvalue weighted by Gasteiger charge is -2.25. The zero-order chi connectivity index (χ0) is 15.5. The highest BCUT2D eigenvalue weighted by atomic mass is 32.1. The smallest absolute Gasteiger partial charge is 0.202 e. The highest BCUT2D eigenvalue weighted by Gasteiger charge is 2.21. The molecule has 0 saturated carbocycles. The van der Waals surface area contributed by atoms with Crippen LogP contribution in [0.3, 0.4) is 0 Å². The molecular weight excluding hydrogens is 287 g/mol. The van der Waals surface area contributed by atoms with Crippen molar-refractivity contribution >= 4 is 16.7 Å². The number of nitrogens with zero attached hydrogens (tertiary/aromatic N) is 3. The molecule has 1 heterocycles. The summed E-state index contributed by atoms with van der Waals surface area (Å²) in [5.74, 6) is 0.618. The number of nitrogens with one attached hydrogen (secondary N) is 1. The average Bonchev–Trinajstić information content (AvgIpc) is 2.84. The SMILES string of the molecule is CN(C)Cc1nsc(NCC(C)(C)c2ccc(F)cc2)n1. The highest BCUT2D eigenvalue weighted by Crippen LogP contribution is 2.24. The van der Waals surface area contributed by atoms with E-state index in [1.54, 1.807) is 0 Å². The minimum atomic E-state index is -0.208. The van der Waals surface area contributed by atoms with E-state index in [0.717, 1.165) is 29.6 Å². The van der Waals surface area contributed by atoms with Crippen LogP contribution in [-0.2, 0) is 12.0 Å². The predicted molar refractivity (Wildman–Crippen MR) is 85.2 cm³/mol. The molecule has 0 bridgehead atoms. The third kappa shape index (κ3) is 4.47. The van der Waals surface area contributed by atoms with Crippen molar-refractivity contribution in [3.63, 3.8) is 0 Å². The Hall–Kier alpha value is -1.53. The quantitative estimate of drug-likeness (QED) is 0.890. The fourth-order valence-electron chi connectivity index (χ4n) is 1.97. The van der Waals surface area contributed by atoms with Gasteiger partial charge in [0.25, 0.3) is 0 Å². The van der Waals surface area contributed by atoms with E-state index in [1.807, 2.05) is 31.1 Å². The summed E-state index contributed by atoms with van der Waals surface area (Å²) in [6, 6.07) is 6.65. The second kappa shape index (κ2) is 6.49. The topological polar surface area (TPSA) is 41.1 Å². The Labute approximate surface area is 129 Å². The number of anilines is 1. The van der Waals surface area contributed by atoms with Crippen molar-refractivity contribution in [2.24, 2.45) is 0 Å². The Morgan fingerprint density at radius 3 is 2.52 bits per heavy atom. The van der Waals surface area contributed by atoms with Crippen molar-refractivity contribution in [3.05, 3.63) is 41.5 Å². The number of rotatable bonds is 6. The predicted octanol–water partition coefficient (Wildman–Crippen LogP) is 3.13. The van der Waals surface area contributed by atoms with Crippen molar-refractivity contribution in [3.8, 4) is 0 Å². The fourth-order valence-corrected chi connectivity index (χ4v) is 2.55. The lowest BCUT2D eigenvalue weighted by molar-refractivity contribution is 0.393. The summed E-state index contributed by atoms with van der Waals surface area (Å²) in [5, 5.41) is 4.15. The maximum absolute atomic E-state index is 13.0. The Morgan fingerprint density at radius 2 is 1.90 bits per heavy atom. The molecule has 6 heteroatoms. The van der Waals surface area contributed by atoms with Crippen molar-refractivity contribution < 1.29 is 4.39 Å². The van der Waals surface area contributed by atoms with E-state index in [2.05, 4.69) is 28.5 Å². The monoisotopic (exact) mass is 308 g/mol. The molecule has 0 aliphatic rings. The van der Waals surface area contributed by atoms with Gasteiger partial charge in [0.05, 0.1) is 6.54 Å². The standard InChI is InChI=1S/C15H21FN4S/c1-15(2,11-5-7-12(16)8-6-11)10-17-14-18-13(19-21-14)9-20(3)4/h5-8H,9-10H2,1-4H3,(H,17,18,19). The molecule has 114 valence electrons. The summed E-state index contributed by atoms with van der Waals surface area (Å²) in [5.41, 5.74) is 0.982. The van der Waals surface area contributed by atoms with E-state index < -0.39 is 0 Å². The Balaban J connectivity index is 1.97. The molecule has 0 atom stereocenters. The number of hydrogen-bond acceptors (Lipinski definition) is 5. The second-order valence-corrected chi connectivity index (χ2v) is 6.75. The molecule has 1 aromatic carbocycles. The number of hydrogen-bond donors (Lipinski definition) is 1.